The van der Waals surface area contributed by atoms with Crippen molar-refractivity contribution in [1.82, 2.24) is 5.32 Å². The van der Waals surface area contributed by atoms with E-state index in [2.05, 4.69) is 10.6 Å². The van der Waals surface area contributed by atoms with Gasteiger partial charge in [0.1, 0.15) is 0 Å². The molecule has 2 aromatic rings. The third-order valence-electron chi connectivity index (χ3n) is 3.78. The predicted molar refractivity (Wildman–Crippen MR) is 100 cm³/mol. The summed E-state index contributed by atoms with van der Waals surface area (Å²) < 4.78 is 0. The van der Waals surface area contributed by atoms with Gasteiger partial charge in [-0.2, -0.15) is 0 Å². The molecule has 5 nitrogen and oxygen atoms in total. The minimum atomic E-state index is -0.319. The molecule has 2 aromatic carbocycles. The van der Waals surface area contributed by atoms with Crippen molar-refractivity contribution in [3.8, 4) is 0 Å². The summed E-state index contributed by atoms with van der Waals surface area (Å²) in [6, 6.07) is 12.4. The fraction of sp³-hybridized carbons (Fsp3) is 0.150. The van der Waals surface area contributed by atoms with E-state index < -0.39 is 0 Å². The third kappa shape index (κ3) is 4.64. The van der Waals surface area contributed by atoms with Gasteiger partial charge in [-0.3, -0.25) is 9.59 Å². The van der Waals surface area contributed by atoms with Gasteiger partial charge in [0, 0.05) is 23.0 Å². The zero-order chi connectivity index (χ0) is 18.4. The summed E-state index contributed by atoms with van der Waals surface area (Å²) in [5, 5.41) is 12.7. The molecule has 0 aliphatic carbocycles. The first-order chi connectivity index (χ1) is 11.9. The Kier molecular flexibility index (Phi) is 5.84. The van der Waals surface area contributed by atoms with E-state index in [1.54, 1.807) is 43.3 Å². The number of carbonyl (C=O) groups is 2. The van der Waals surface area contributed by atoms with E-state index >= 15 is 0 Å². The lowest BCUT2D eigenvalue weighted by atomic mass is 10.1. The minimum Gasteiger partial charge on any atom is -0.322 e. The Bertz CT molecular complexity index is 837. The third-order valence-corrected chi connectivity index (χ3v) is 3.78. The summed E-state index contributed by atoms with van der Waals surface area (Å²) in [7, 11) is 0. The maximum absolute atomic E-state index is 12.4. The van der Waals surface area contributed by atoms with Crippen molar-refractivity contribution in [2.75, 3.05) is 5.32 Å². The van der Waals surface area contributed by atoms with Crippen LogP contribution >= 0.6 is 0 Å². The molecule has 0 aliphatic heterocycles. The Morgan fingerprint density at radius 3 is 2.28 bits per heavy atom. The van der Waals surface area contributed by atoms with Gasteiger partial charge in [-0.25, -0.2) is 0 Å². The van der Waals surface area contributed by atoms with Crippen LogP contribution in [0.3, 0.4) is 0 Å². The number of benzene rings is 2. The summed E-state index contributed by atoms with van der Waals surface area (Å²) in [5.74, 6) is -0.551. The Morgan fingerprint density at radius 2 is 1.68 bits per heavy atom. The average Bonchev–Trinajstić information content (AvgIpc) is 2.61. The van der Waals surface area contributed by atoms with Gasteiger partial charge in [-0.15, -0.1) is 0 Å². The SMILES string of the molecule is C/C=C(\C=N)NC(=O)c1cc(NC(=O)c2ccc(C)cc2)ccc1C. The minimum absolute atomic E-state index is 0.233. The maximum Gasteiger partial charge on any atom is 0.256 e. The maximum atomic E-state index is 12.4. The molecule has 0 spiro atoms. The van der Waals surface area contributed by atoms with Gasteiger partial charge in [0.2, 0.25) is 0 Å². The van der Waals surface area contributed by atoms with Crippen LogP contribution in [-0.4, -0.2) is 18.0 Å². The molecule has 0 aliphatic rings. The largest absolute Gasteiger partial charge is 0.322 e. The molecule has 0 saturated heterocycles. The molecule has 0 unspecified atom stereocenters. The first-order valence-corrected chi connectivity index (χ1v) is 7.91. The second kappa shape index (κ2) is 8.06. The average molecular weight is 335 g/mol. The number of anilines is 1. The Morgan fingerprint density at radius 1 is 1.00 bits per heavy atom. The van der Waals surface area contributed by atoms with Crippen LogP contribution in [0.1, 0.15) is 38.8 Å². The summed E-state index contributed by atoms with van der Waals surface area (Å²) in [4.78, 5) is 24.7. The zero-order valence-corrected chi connectivity index (χ0v) is 14.5. The van der Waals surface area contributed by atoms with Crippen molar-refractivity contribution < 1.29 is 9.59 Å². The number of nitrogens with one attached hydrogen (secondary N) is 3. The van der Waals surface area contributed by atoms with Gasteiger partial charge in [-0.1, -0.05) is 29.8 Å². The smallest absolute Gasteiger partial charge is 0.256 e. The first-order valence-electron chi connectivity index (χ1n) is 7.91. The molecule has 0 saturated carbocycles. The molecule has 0 heterocycles. The van der Waals surface area contributed by atoms with Crippen molar-refractivity contribution in [2.24, 2.45) is 0 Å². The number of hydrogen-bond acceptors (Lipinski definition) is 3. The van der Waals surface area contributed by atoms with Crippen molar-refractivity contribution >= 4 is 23.7 Å². The van der Waals surface area contributed by atoms with E-state index in [0.29, 0.717) is 22.5 Å². The lowest BCUT2D eigenvalue weighted by molar-refractivity contribution is 0.0965. The van der Waals surface area contributed by atoms with Crippen LogP contribution in [0.15, 0.2) is 54.2 Å². The Labute approximate surface area is 147 Å². The first kappa shape index (κ1) is 18.1. The summed E-state index contributed by atoms with van der Waals surface area (Å²) in [5.41, 5.74) is 3.82. The Balaban J connectivity index is 2.20. The summed E-state index contributed by atoms with van der Waals surface area (Å²) in [6.07, 6.45) is 2.72. The molecule has 2 rings (SSSR count). The van der Waals surface area contributed by atoms with Crippen LogP contribution in [-0.2, 0) is 0 Å². The second-order valence-electron chi connectivity index (χ2n) is 5.69. The van der Waals surface area contributed by atoms with Gasteiger partial charge in [0.15, 0.2) is 0 Å². The van der Waals surface area contributed by atoms with Crippen LogP contribution in [0, 0.1) is 19.3 Å². The van der Waals surface area contributed by atoms with E-state index in [-0.39, 0.29) is 11.8 Å². The molecule has 5 heteroatoms. The number of carbonyl (C=O) groups excluding carboxylic acids is 2. The molecule has 0 fully saturated rings. The topological polar surface area (TPSA) is 82.1 Å². The van der Waals surface area contributed by atoms with E-state index in [1.165, 1.54) is 0 Å². The lowest BCUT2D eigenvalue weighted by Crippen LogP contribution is -2.24. The van der Waals surface area contributed by atoms with Crippen LogP contribution < -0.4 is 10.6 Å². The van der Waals surface area contributed by atoms with Gasteiger partial charge in [0.25, 0.3) is 11.8 Å². The van der Waals surface area contributed by atoms with Crippen LogP contribution in [0.5, 0.6) is 0 Å². The molecule has 128 valence electrons. The van der Waals surface area contributed by atoms with Gasteiger partial charge in [0.05, 0.1) is 5.70 Å². The fourth-order valence-corrected chi connectivity index (χ4v) is 2.24. The van der Waals surface area contributed by atoms with E-state index in [9.17, 15) is 9.59 Å². The molecule has 3 N–H and O–H groups in total. The van der Waals surface area contributed by atoms with E-state index in [4.69, 9.17) is 5.41 Å². The Hall–Kier alpha value is -3.21. The molecule has 0 atom stereocenters. The molecule has 2 amide bonds. The van der Waals surface area contributed by atoms with Crippen LogP contribution in [0.25, 0.3) is 0 Å². The zero-order valence-electron chi connectivity index (χ0n) is 14.5. The number of allylic oxidation sites excluding steroid dienone is 2. The van der Waals surface area contributed by atoms with E-state index in [0.717, 1.165) is 17.3 Å². The van der Waals surface area contributed by atoms with Crippen LogP contribution in [0.4, 0.5) is 5.69 Å². The normalized spacial score (nSPS) is 10.9. The van der Waals surface area contributed by atoms with Crippen molar-refractivity contribution in [1.29, 1.82) is 5.41 Å². The predicted octanol–water partition coefficient (Wildman–Crippen LogP) is 3.84. The highest BCUT2D eigenvalue weighted by Gasteiger charge is 2.12. The van der Waals surface area contributed by atoms with Gasteiger partial charge < -0.3 is 16.0 Å². The summed E-state index contributed by atoms with van der Waals surface area (Å²) >= 11 is 0. The highest BCUT2D eigenvalue weighted by Crippen LogP contribution is 2.17. The number of aryl methyl sites for hydroxylation is 2. The van der Waals surface area contributed by atoms with Gasteiger partial charge >= 0.3 is 0 Å². The van der Waals surface area contributed by atoms with Crippen molar-refractivity contribution in [3.05, 3.63) is 76.5 Å². The van der Waals surface area contributed by atoms with Crippen molar-refractivity contribution in [2.45, 2.75) is 20.8 Å². The monoisotopic (exact) mass is 335 g/mol. The quantitative estimate of drug-likeness (QED) is 0.726. The molecule has 0 aromatic heterocycles. The number of amides is 2. The molecule has 25 heavy (non-hydrogen) atoms. The molecular weight excluding hydrogens is 314 g/mol. The van der Waals surface area contributed by atoms with Gasteiger partial charge in [-0.05, 0) is 50.6 Å². The van der Waals surface area contributed by atoms with E-state index in [1.807, 2.05) is 26.0 Å². The lowest BCUT2D eigenvalue weighted by Gasteiger charge is -2.11. The molecule has 0 radical (unpaired) electrons. The fourth-order valence-electron chi connectivity index (χ4n) is 2.24. The number of rotatable bonds is 5. The molecule has 0 bridgehead atoms. The van der Waals surface area contributed by atoms with Crippen LogP contribution in [0.2, 0.25) is 0 Å². The molecular formula is C20H21N3O2. The standard InChI is InChI=1S/C20H21N3O2/c1-4-16(12-21)22-20(25)18-11-17(10-7-14(18)3)23-19(24)15-8-5-13(2)6-9-15/h4-12,21H,1-3H3,(H,22,25)(H,23,24)/b16-4+,21-12?. The second-order valence-corrected chi connectivity index (χ2v) is 5.69. The van der Waals surface area contributed by atoms with Crippen molar-refractivity contribution in [3.63, 3.8) is 0 Å². The number of hydrogen-bond donors (Lipinski definition) is 3. The highest BCUT2D eigenvalue weighted by molar-refractivity contribution is 6.05. The highest BCUT2D eigenvalue weighted by atomic mass is 16.2. The summed E-state index contributed by atoms with van der Waals surface area (Å²) in [6.45, 7) is 5.52.